The van der Waals surface area contributed by atoms with Gasteiger partial charge in [-0.05, 0) is 12.1 Å². The van der Waals surface area contributed by atoms with Crippen LogP contribution in [0.5, 0.6) is 0 Å². The zero-order valence-electron chi connectivity index (χ0n) is 8.44. The smallest absolute Gasteiger partial charge is 0.222 e. The summed E-state index contributed by atoms with van der Waals surface area (Å²) in [5.74, 6) is 0.356. The number of thioether (sulfide) groups is 1. The fraction of sp³-hybridized carbons (Fsp3) is 0.444. The zero-order chi connectivity index (χ0) is 10.6. The summed E-state index contributed by atoms with van der Waals surface area (Å²) < 4.78 is 0. The molecule has 76 valence electrons. The molecule has 0 aromatic carbocycles. The van der Waals surface area contributed by atoms with Crippen LogP contribution in [-0.2, 0) is 4.79 Å². The Morgan fingerprint density at radius 3 is 2.57 bits per heavy atom. The van der Waals surface area contributed by atoms with Crippen molar-refractivity contribution in [3.63, 3.8) is 0 Å². The predicted molar refractivity (Wildman–Crippen MR) is 57.3 cm³/mol. The molecule has 0 aliphatic heterocycles. The molecule has 1 aromatic rings. The second-order valence-corrected chi connectivity index (χ2v) is 4.70. The SMILES string of the molecule is CC(=O)Nc1ccc(SC(C)C)nn1. The maximum atomic E-state index is 10.7. The van der Waals surface area contributed by atoms with Crippen molar-refractivity contribution < 1.29 is 4.79 Å². The van der Waals surface area contributed by atoms with Gasteiger partial charge in [-0.3, -0.25) is 4.79 Å². The normalized spacial score (nSPS) is 10.3. The van der Waals surface area contributed by atoms with Gasteiger partial charge in [-0.1, -0.05) is 13.8 Å². The van der Waals surface area contributed by atoms with E-state index in [4.69, 9.17) is 0 Å². The minimum atomic E-state index is -0.136. The van der Waals surface area contributed by atoms with Gasteiger partial charge in [-0.15, -0.1) is 22.0 Å². The molecule has 14 heavy (non-hydrogen) atoms. The van der Waals surface area contributed by atoms with Crippen LogP contribution in [0.1, 0.15) is 20.8 Å². The Morgan fingerprint density at radius 1 is 1.43 bits per heavy atom. The number of carbonyl (C=O) groups is 1. The lowest BCUT2D eigenvalue weighted by molar-refractivity contribution is -0.114. The summed E-state index contributed by atoms with van der Waals surface area (Å²) in [4.78, 5) is 10.7. The fourth-order valence-corrected chi connectivity index (χ4v) is 1.59. The second kappa shape index (κ2) is 4.95. The number of hydrogen-bond donors (Lipinski definition) is 1. The van der Waals surface area contributed by atoms with E-state index < -0.39 is 0 Å². The highest BCUT2D eigenvalue weighted by Crippen LogP contribution is 2.19. The molecule has 0 radical (unpaired) electrons. The van der Waals surface area contributed by atoms with Gasteiger partial charge in [0.25, 0.3) is 0 Å². The van der Waals surface area contributed by atoms with Crippen LogP contribution < -0.4 is 5.32 Å². The van der Waals surface area contributed by atoms with E-state index in [0.717, 1.165) is 5.03 Å². The lowest BCUT2D eigenvalue weighted by atomic mass is 10.5. The lowest BCUT2D eigenvalue weighted by Gasteiger charge is -2.03. The Hall–Kier alpha value is -1.10. The van der Waals surface area contributed by atoms with E-state index in [2.05, 4.69) is 29.4 Å². The third-order valence-electron chi connectivity index (χ3n) is 1.30. The van der Waals surface area contributed by atoms with E-state index in [-0.39, 0.29) is 5.91 Å². The maximum Gasteiger partial charge on any atom is 0.222 e. The minimum absolute atomic E-state index is 0.136. The van der Waals surface area contributed by atoms with Gasteiger partial charge in [0.15, 0.2) is 5.82 Å². The summed E-state index contributed by atoms with van der Waals surface area (Å²) in [7, 11) is 0. The van der Waals surface area contributed by atoms with Crippen molar-refractivity contribution in [2.24, 2.45) is 0 Å². The number of hydrogen-bond acceptors (Lipinski definition) is 4. The van der Waals surface area contributed by atoms with Gasteiger partial charge in [0.05, 0.1) is 0 Å². The van der Waals surface area contributed by atoms with E-state index in [1.807, 2.05) is 6.07 Å². The van der Waals surface area contributed by atoms with E-state index in [1.54, 1.807) is 17.8 Å². The van der Waals surface area contributed by atoms with Gasteiger partial charge < -0.3 is 5.32 Å². The third-order valence-corrected chi connectivity index (χ3v) is 2.23. The molecule has 5 heteroatoms. The molecule has 0 aliphatic carbocycles. The molecule has 4 nitrogen and oxygen atoms in total. The van der Waals surface area contributed by atoms with Gasteiger partial charge in [0.2, 0.25) is 5.91 Å². The topological polar surface area (TPSA) is 54.9 Å². The van der Waals surface area contributed by atoms with Gasteiger partial charge in [0, 0.05) is 12.2 Å². The first-order chi connectivity index (χ1) is 6.58. The molecule has 0 aliphatic rings. The van der Waals surface area contributed by atoms with E-state index in [9.17, 15) is 4.79 Å². The number of rotatable bonds is 3. The highest BCUT2D eigenvalue weighted by atomic mass is 32.2. The van der Waals surface area contributed by atoms with Crippen molar-refractivity contribution in [2.45, 2.75) is 31.0 Å². The van der Waals surface area contributed by atoms with Crippen LogP contribution in [0.25, 0.3) is 0 Å². The molecule has 0 spiro atoms. The summed E-state index contributed by atoms with van der Waals surface area (Å²) in [6, 6.07) is 3.60. The Bertz CT molecular complexity index is 310. The molecule has 0 saturated carbocycles. The van der Waals surface area contributed by atoms with Gasteiger partial charge in [0.1, 0.15) is 5.03 Å². The average Bonchev–Trinajstić information content (AvgIpc) is 2.06. The zero-order valence-corrected chi connectivity index (χ0v) is 9.26. The number of carbonyl (C=O) groups excluding carboxylic acids is 1. The first-order valence-electron chi connectivity index (χ1n) is 4.36. The van der Waals surface area contributed by atoms with Gasteiger partial charge >= 0.3 is 0 Å². The molecule has 0 bridgehead atoms. The van der Waals surface area contributed by atoms with E-state index >= 15 is 0 Å². The molecular weight excluding hydrogens is 198 g/mol. The van der Waals surface area contributed by atoms with Crippen LogP contribution in [0.15, 0.2) is 17.2 Å². The largest absolute Gasteiger partial charge is 0.309 e. The number of nitrogens with one attached hydrogen (secondary N) is 1. The summed E-state index contributed by atoms with van der Waals surface area (Å²) in [5.41, 5.74) is 0. The average molecular weight is 211 g/mol. The van der Waals surface area contributed by atoms with E-state index in [0.29, 0.717) is 11.1 Å². The predicted octanol–water partition coefficient (Wildman–Crippen LogP) is 1.94. The van der Waals surface area contributed by atoms with E-state index in [1.165, 1.54) is 6.92 Å². The van der Waals surface area contributed by atoms with Gasteiger partial charge in [-0.25, -0.2) is 0 Å². The Kier molecular flexibility index (Phi) is 3.88. The fourth-order valence-electron chi connectivity index (χ4n) is 0.871. The van der Waals surface area contributed by atoms with Gasteiger partial charge in [-0.2, -0.15) is 0 Å². The Labute approximate surface area is 87.5 Å². The quantitative estimate of drug-likeness (QED) is 0.776. The standard InChI is InChI=1S/C9H13N3OS/c1-6(2)14-9-5-4-8(11-12-9)10-7(3)13/h4-6H,1-3H3,(H,10,11,13). The molecule has 1 heterocycles. The van der Waals surface area contributed by atoms with Crippen LogP contribution in [0.4, 0.5) is 5.82 Å². The van der Waals surface area contributed by atoms with Crippen LogP contribution in [0.3, 0.4) is 0 Å². The van der Waals surface area contributed by atoms with Crippen molar-refractivity contribution in [1.82, 2.24) is 10.2 Å². The molecule has 1 aromatic heterocycles. The highest BCUT2D eigenvalue weighted by molar-refractivity contribution is 7.99. The number of amides is 1. The van der Waals surface area contributed by atoms with Crippen molar-refractivity contribution in [1.29, 1.82) is 0 Å². The minimum Gasteiger partial charge on any atom is -0.309 e. The monoisotopic (exact) mass is 211 g/mol. The summed E-state index contributed by atoms with van der Waals surface area (Å²) in [6.07, 6.45) is 0. The molecular formula is C9H13N3OS. The highest BCUT2D eigenvalue weighted by Gasteiger charge is 2.01. The molecule has 0 atom stereocenters. The molecule has 1 N–H and O–H groups in total. The van der Waals surface area contributed by atoms with Crippen LogP contribution in [-0.4, -0.2) is 21.4 Å². The molecule has 1 amide bonds. The van der Waals surface area contributed by atoms with Crippen molar-refractivity contribution in [3.05, 3.63) is 12.1 Å². The molecule has 0 fully saturated rings. The van der Waals surface area contributed by atoms with Crippen LogP contribution >= 0.6 is 11.8 Å². The second-order valence-electron chi connectivity index (χ2n) is 3.10. The summed E-state index contributed by atoms with van der Waals surface area (Å²) in [5, 5.41) is 11.8. The van der Waals surface area contributed by atoms with Crippen molar-refractivity contribution in [2.75, 3.05) is 5.32 Å². The molecule has 0 unspecified atom stereocenters. The Morgan fingerprint density at radius 2 is 2.14 bits per heavy atom. The van der Waals surface area contributed by atoms with Crippen LogP contribution in [0.2, 0.25) is 0 Å². The van der Waals surface area contributed by atoms with Crippen molar-refractivity contribution >= 4 is 23.5 Å². The number of nitrogens with zero attached hydrogens (tertiary/aromatic N) is 2. The third kappa shape index (κ3) is 3.74. The molecule has 1 rings (SSSR count). The molecule has 0 saturated heterocycles. The van der Waals surface area contributed by atoms with Crippen LogP contribution in [0, 0.1) is 0 Å². The first kappa shape index (κ1) is 11.0. The number of anilines is 1. The summed E-state index contributed by atoms with van der Waals surface area (Å²) in [6.45, 7) is 5.63. The number of aromatic nitrogens is 2. The maximum absolute atomic E-state index is 10.7. The van der Waals surface area contributed by atoms with Crippen molar-refractivity contribution in [3.8, 4) is 0 Å². The summed E-state index contributed by atoms with van der Waals surface area (Å²) >= 11 is 1.64. The first-order valence-corrected chi connectivity index (χ1v) is 5.24. The lowest BCUT2D eigenvalue weighted by Crippen LogP contribution is -2.08. The Balaban J connectivity index is 2.63.